The number of furan rings is 1. The fraction of sp³-hybridized carbons (Fsp3) is 0.500. The summed E-state index contributed by atoms with van der Waals surface area (Å²) in [7, 11) is 3.88. The number of rotatable bonds is 5. The number of hydrogen-bond donors (Lipinski definition) is 0. The normalized spacial score (nSPS) is 15.6. The van der Waals surface area contributed by atoms with Crippen molar-refractivity contribution in [1.29, 1.82) is 0 Å². The number of aromatic nitrogens is 1. The minimum Gasteiger partial charge on any atom is -0.467 e. The number of amides is 1. The molecule has 22 heavy (non-hydrogen) atoms. The average molecular weight is 319 g/mol. The molecule has 1 amide bonds. The van der Waals surface area contributed by atoms with Crippen molar-refractivity contribution in [2.75, 3.05) is 19.0 Å². The van der Waals surface area contributed by atoms with Crippen LogP contribution in [0.25, 0.3) is 0 Å². The van der Waals surface area contributed by atoms with E-state index in [0.29, 0.717) is 6.04 Å². The summed E-state index contributed by atoms with van der Waals surface area (Å²) < 4.78 is 5.50. The van der Waals surface area contributed by atoms with Crippen LogP contribution in [0.15, 0.2) is 22.8 Å². The molecule has 5 nitrogen and oxygen atoms in total. The summed E-state index contributed by atoms with van der Waals surface area (Å²) in [6.07, 6.45) is 3.79. The number of nitrogens with zero attached hydrogens (tertiary/aromatic N) is 3. The zero-order valence-corrected chi connectivity index (χ0v) is 14.2. The fourth-order valence-corrected chi connectivity index (χ4v) is 3.50. The van der Waals surface area contributed by atoms with Gasteiger partial charge in [0, 0.05) is 20.1 Å². The van der Waals surface area contributed by atoms with Crippen LogP contribution >= 0.6 is 11.3 Å². The molecule has 0 unspecified atom stereocenters. The van der Waals surface area contributed by atoms with Gasteiger partial charge >= 0.3 is 0 Å². The van der Waals surface area contributed by atoms with Crippen molar-refractivity contribution >= 4 is 22.4 Å². The highest BCUT2D eigenvalue weighted by molar-refractivity contribution is 7.17. The molecule has 0 N–H and O–H groups in total. The van der Waals surface area contributed by atoms with Crippen LogP contribution in [0.5, 0.6) is 0 Å². The second-order valence-corrected chi connectivity index (χ2v) is 6.92. The number of anilines is 1. The maximum absolute atomic E-state index is 13.1. The lowest BCUT2D eigenvalue weighted by molar-refractivity contribution is 0.0657. The van der Waals surface area contributed by atoms with Crippen LogP contribution in [-0.4, -0.2) is 35.9 Å². The predicted octanol–water partition coefficient (Wildman–Crippen LogP) is 3.48. The van der Waals surface area contributed by atoms with Crippen LogP contribution in [0.4, 0.5) is 5.13 Å². The van der Waals surface area contributed by atoms with E-state index in [0.717, 1.165) is 34.3 Å². The Hall–Kier alpha value is -1.82. The zero-order valence-electron chi connectivity index (χ0n) is 13.4. The molecule has 0 aromatic carbocycles. The first-order valence-electron chi connectivity index (χ1n) is 7.50. The van der Waals surface area contributed by atoms with E-state index in [1.807, 2.05) is 49.9 Å². The Morgan fingerprint density at radius 3 is 2.68 bits per heavy atom. The third-order valence-electron chi connectivity index (χ3n) is 3.91. The number of thiazole rings is 1. The third-order valence-corrected chi connectivity index (χ3v) is 5.22. The topological polar surface area (TPSA) is 49.6 Å². The molecule has 0 radical (unpaired) electrons. The standard InChI is InChI=1S/C16H21N3O2S/c1-10-14(22-16(17-10)18(3)4)15(20)19(12-7-8-12)11(2)13-6-5-9-21-13/h5-6,9,11-12H,7-8H2,1-4H3/t11-/m1/s1. The van der Waals surface area contributed by atoms with Gasteiger partial charge in [0.1, 0.15) is 10.6 Å². The van der Waals surface area contributed by atoms with Gasteiger partial charge in [0.2, 0.25) is 0 Å². The highest BCUT2D eigenvalue weighted by Crippen LogP contribution is 2.37. The number of carbonyl (C=O) groups is 1. The molecule has 2 aromatic heterocycles. The molecule has 0 bridgehead atoms. The minimum absolute atomic E-state index is 0.0562. The molecule has 3 rings (SSSR count). The SMILES string of the molecule is Cc1nc(N(C)C)sc1C(=O)N(C1CC1)[C@H](C)c1ccco1. The Morgan fingerprint density at radius 2 is 2.18 bits per heavy atom. The summed E-state index contributed by atoms with van der Waals surface area (Å²) in [6.45, 7) is 3.93. The van der Waals surface area contributed by atoms with E-state index in [9.17, 15) is 4.79 Å². The minimum atomic E-state index is -0.0562. The van der Waals surface area contributed by atoms with Crippen molar-refractivity contribution in [2.24, 2.45) is 0 Å². The maximum atomic E-state index is 13.1. The molecule has 1 aliphatic rings. The summed E-state index contributed by atoms with van der Waals surface area (Å²) in [4.78, 5) is 22.2. The fourth-order valence-electron chi connectivity index (χ4n) is 2.57. The van der Waals surface area contributed by atoms with Crippen LogP contribution in [0.1, 0.15) is 46.9 Å². The molecule has 0 spiro atoms. The smallest absolute Gasteiger partial charge is 0.266 e. The summed E-state index contributed by atoms with van der Waals surface area (Å²) in [5, 5.41) is 0.863. The maximum Gasteiger partial charge on any atom is 0.266 e. The van der Waals surface area contributed by atoms with Crippen molar-refractivity contribution in [1.82, 2.24) is 9.88 Å². The van der Waals surface area contributed by atoms with Crippen LogP contribution < -0.4 is 4.90 Å². The molecule has 1 aliphatic carbocycles. The Kier molecular flexibility index (Phi) is 3.95. The molecular formula is C16H21N3O2S. The van der Waals surface area contributed by atoms with E-state index in [4.69, 9.17) is 4.42 Å². The highest BCUT2D eigenvalue weighted by atomic mass is 32.1. The van der Waals surface area contributed by atoms with Crippen molar-refractivity contribution in [2.45, 2.75) is 38.8 Å². The Balaban J connectivity index is 1.90. The molecule has 6 heteroatoms. The second-order valence-electron chi connectivity index (χ2n) is 5.94. The Bertz CT molecular complexity index is 659. The Morgan fingerprint density at radius 1 is 1.45 bits per heavy atom. The van der Waals surface area contributed by atoms with Gasteiger partial charge in [0.05, 0.1) is 18.0 Å². The van der Waals surface area contributed by atoms with Gasteiger partial charge in [-0.3, -0.25) is 4.79 Å². The molecule has 1 atom stereocenters. The van der Waals surface area contributed by atoms with Gasteiger partial charge < -0.3 is 14.2 Å². The number of hydrogen-bond acceptors (Lipinski definition) is 5. The first-order chi connectivity index (χ1) is 10.5. The van der Waals surface area contributed by atoms with Gasteiger partial charge in [-0.25, -0.2) is 4.98 Å². The third kappa shape index (κ3) is 2.75. The van der Waals surface area contributed by atoms with Gasteiger partial charge in [-0.05, 0) is 38.8 Å². The monoisotopic (exact) mass is 319 g/mol. The summed E-state index contributed by atoms with van der Waals surface area (Å²) in [6, 6.07) is 4.05. The lowest BCUT2D eigenvalue weighted by Crippen LogP contribution is -2.35. The first-order valence-corrected chi connectivity index (χ1v) is 8.31. The second kappa shape index (κ2) is 5.76. The van der Waals surface area contributed by atoms with Crippen molar-refractivity contribution in [3.05, 3.63) is 34.7 Å². The Labute approximate surface area is 134 Å². The first kappa shape index (κ1) is 15.1. The van der Waals surface area contributed by atoms with Crippen molar-refractivity contribution in [3.63, 3.8) is 0 Å². The van der Waals surface area contributed by atoms with Crippen molar-refractivity contribution < 1.29 is 9.21 Å². The summed E-state index contributed by atoms with van der Waals surface area (Å²) in [5.74, 6) is 0.893. The van der Waals surface area contributed by atoms with E-state index in [1.165, 1.54) is 11.3 Å². The molecular weight excluding hydrogens is 298 g/mol. The van der Waals surface area contributed by atoms with Crippen LogP contribution in [0.2, 0.25) is 0 Å². The van der Waals surface area contributed by atoms with Gasteiger partial charge in [0.15, 0.2) is 5.13 Å². The van der Waals surface area contributed by atoms with Gasteiger partial charge in [-0.2, -0.15) is 0 Å². The van der Waals surface area contributed by atoms with E-state index in [1.54, 1.807) is 6.26 Å². The number of carbonyl (C=O) groups excluding carboxylic acids is 1. The summed E-state index contributed by atoms with van der Waals surface area (Å²) >= 11 is 1.46. The quantitative estimate of drug-likeness (QED) is 0.846. The molecule has 0 aliphatic heterocycles. The summed E-state index contributed by atoms with van der Waals surface area (Å²) in [5.41, 5.74) is 0.802. The lowest BCUT2D eigenvalue weighted by Gasteiger charge is -2.27. The molecule has 0 saturated heterocycles. The number of aryl methyl sites for hydroxylation is 1. The van der Waals surface area contributed by atoms with Crippen LogP contribution in [-0.2, 0) is 0 Å². The molecule has 1 fully saturated rings. The zero-order chi connectivity index (χ0) is 15.9. The van der Waals surface area contributed by atoms with Crippen molar-refractivity contribution in [3.8, 4) is 0 Å². The highest BCUT2D eigenvalue weighted by Gasteiger charge is 2.38. The van der Waals surface area contributed by atoms with Gasteiger partial charge in [0.25, 0.3) is 5.91 Å². The molecule has 1 saturated carbocycles. The average Bonchev–Trinajstić information content (AvgIpc) is 3.02. The van der Waals surface area contributed by atoms with Crippen LogP contribution in [0, 0.1) is 6.92 Å². The van der Waals surface area contributed by atoms with Crippen LogP contribution in [0.3, 0.4) is 0 Å². The van der Waals surface area contributed by atoms with Gasteiger partial charge in [-0.1, -0.05) is 11.3 Å². The van der Waals surface area contributed by atoms with E-state index < -0.39 is 0 Å². The van der Waals surface area contributed by atoms with E-state index >= 15 is 0 Å². The van der Waals surface area contributed by atoms with E-state index in [-0.39, 0.29) is 11.9 Å². The largest absolute Gasteiger partial charge is 0.467 e. The van der Waals surface area contributed by atoms with Gasteiger partial charge in [-0.15, -0.1) is 0 Å². The molecule has 2 heterocycles. The van der Waals surface area contributed by atoms with E-state index in [2.05, 4.69) is 4.98 Å². The predicted molar refractivity (Wildman–Crippen MR) is 87.5 cm³/mol. The molecule has 118 valence electrons. The molecule has 2 aromatic rings. The lowest BCUT2D eigenvalue weighted by atomic mass is 10.2.